The predicted octanol–water partition coefficient (Wildman–Crippen LogP) is 11.6. The van der Waals surface area contributed by atoms with Gasteiger partial charge in [-0.25, -0.2) is 4.98 Å². The highest BCUT2D eigenvalue weighted by Crippen LogP contribution is 2.58. The Kier molecular flexibility index (Phi) is 6.56. The zero-order valence-corrected chi connectivity index (χ0v) is 30.2. The minimum absolute atomic E-state index is 0.367. The summed E-state index contributed by atoms with van der Waals surface area (Å²) in [4.78, 5) is 15.6. The molecule has 1 aliphatic carbocycles. The fourth-order valence-corrected chi connectivity index (χ4v) is 9.00. The van der Waals surface area contributed by atoms with Gasteiger partial charge in [0.25, 0.3) is 0 Å². The molecule has 0 bridgehead atoms. The van der Waals surface area contributed by atoms with Crippen molar-refractivity contribution in [3.05, 3.63) is 174 Å². The number of benzene rings is 7. The van der Waals surface area contributed by atoms with Crippen LogP contribution in [0, 0.1) is 11.3 Å². The van der Waals surface area contributed by atoms with Crippen molar-refractivity contribution in [2.75, 3.05) is 0 Å². The second-order valence-corrected chi connectivity index (χ2v) is 14.7. The average Bonchev–Trinajstić information content (AvgIpc) is 3.85. The van der Waals surface area contributed by atoms with Crippen LogP contribution in [0.4, 0.5) is 0 Å². The summed E-state index contributed by atoms with van der Waals surface area (Å²) in [5.74, 6) is 1.66. The largest absolute Gasteiger partial charge is 0.309 e. The van der Waals surface area contributed by atoms with Crippen molar-refractivity contribution in [2.45, 2.75) is 19.3 Å². The van der Waals surface area contributed by atoms with Gasteiger partial charge < -0.3 is 4.57 Å². The predicted molar refractivity (Wildman–Crippen MR) is 222 cm³/mol. The Bertz CT molecular complexity index is 3220. The van der Waals surface area contributed by atoms with Gasteiger partial charge in [-0.05, 0) is 65.2 Å². The highest BCUT2D eigenvalue weighted by molar-refractivity contribution is 6.33. The molecule has 0 saturated carbocycles. The Labute approximate surface area is 317 Å². The average molecular weight is 705 g/mol. The molecule has 258 valence electrons. The molecule has 55 heavy (non-hydrogen) atoms. The highest BCUT2D eigenvalue weighted by Gasteiger charge is 2.42. The van der Waals surface area contributed by atoms with Crippen molar-refractivity contribution in [2.24, 2.45) is 0 Å². The van der Waals surface area contributed by atoms with Crippen LogP contribution < -0.4 is 0 Å². The number of rotatable bonds is 4. The molecule has 3 aromatic heterocycles. The molecule has 0 unspecified atom stereocenters. The van der Waals surface area contributed by atoms with Crippen molar-refractivity contribution >= 4 is 43.6 Å². The van der Waals surface area contributed by atoms with Gasteiger partial charge >= 0.3 is 0 Å². The van der Waals surface area contributed by atoms with Crippen LogP contribution in [0.15, 0.2) is 158 Å². The van der Waals surface area contributed by atoms with Crippen molar-refractivity contribution in [3.63, 3.8) is 0 Å². The third-order valence-corrected chi connectivity index (χ3v) is 11.4. The second-order valence-electron chi connectivity index (χ2n) is 14.7. The van der Waals surface area contributed by atoms with E-state index in [9.17, 15) is 5.26 Å². The maximum absolute atomic E-state index is 9.56. The highest BCUT2D eigenvalue weighted by atomic mass is 15.2. The third-order valence-electron chi connectivity index (χ3n) is 11.4. The standard InChI is InChI=1S/C49H32N6/c1-49(2)37-22-12-9-19-34(37)42-43(49)45-41(40-35-20-10-13-23-38(35)54(44(40)42)33-17-7-4-8-18-33)36-21-11-14-24-39(36)55(45)48-52-46(31-15-5-3-6-16-31)51-47(53-48)32-27-25-30(29-50)26-28-32/h3-28H,1-2H3. The van der Waals surface area contributed by atoms with Crippen LogP contribution in [0.5, 0.6) is 0 Å². The van der Waals surface area contributed by atoms with Crippen LogP contribution in [-0.2, 0) is 5.41 Å². The van der Waals surface area contributed by atoms with Crippen LogP contribution in [0.1, 0.15) is 30.5 Å². The summed E-state index contributed by atoms with van der Waals surface area (Å²) < 4.78 is 4.75. The van der Waals surface area contributed by atoms with Gasteiger partial charge in [-0.15, -0.1) is 0 Å². The lowest BCUT2D eigenvalue weighted by Gasteiger charge is -2.24. The first-order valence-electron chi connectivity index (χ1n) is 18.5. The summed E-state index contributed by atoms with van der Waals surface area (Å²) in [5, 5.41) is 14.3. The number of nitrogens with zero attached hydrogens (tertiary/aromatic N) is 6. The number of nitriles is 1. The first-order valence-corrected chi connectivity index (χ1v) is 18.5. The first kappa shape index (κ1) is 31.2. The molecule has 0 radical (unpaired) electrons. The van der Waals surface area contributed by atoms with Crippen LogP contribution in [0.25, 0.3) is 89.2 Å². The fraction of sp³-hybridized carbons (Fsp3) is 0.0612. The third kappa shape index (κ3) is 4.38. The molecule has 6 nitrogen and oxygen atoms in total. The Morgan fingerprint density at radius 3 is 1.75 bits per heavy atom. The summed E-state index contributed by atoms with van der Waals surface area (Å²) in [7, 11) is 0. The summed E-state index contributed by atoms with van der Waals surface area (Å²) in [6.45, 7) is 4.71. The molecular formula is C49H32N6. The molecule has 10 aromatic rings. The molecule has 0 atom stereocenters. The van der Waals surface area contributed by atoms with E-state index in [2.05, 4.69) is 132 Å². The van der Waals surface area contributed by atoms with Crippen molar-refractivity contribution in [3.8, 4) is 51.6 Å². The van der Waals surface area contributed by atoms with E-state index in [1.807, 2.05) is 54.6 Å². The van der Waals surface area contributed by atoms with Crippen LogP contribution >= 0.6 is 0 Å². The Hall–Kier alpha value is -7.36. The molecule has 0 amide bonds. The second kappa shape index (κ2) is 11.6. The Morgan fingerprint density at radius 2 is 1.07 bits per heavy atom. The van der Waals surface area contributed by atoms with Gasteiger partial charge in [0, 0.05) is 49.3 Å². The van der Waals surface area contributed by atoms with E-state index in [1.54, 1.807) is 0 Å². The SMILES string of the molecule is CC1(C)c2ccccc2-c2c1c1c(c3ccccc3n1-c1nc(-c3ccccc3)nc(-c3ccc(C#N)cc3)n1)c1c3ccccc3n(-c3ccccc3)c21. The monoisotopic (exact) mass is 704 g/mol. The first-order chi connectivity index (χ1) is 27.0. The van der Waals surface area contributed by atoms with Gasteiger partial charge in [0.05, 0.1) is 33.7 Å². The summed E-state index contributed by atoms with van der Waals surface area (Å²) in [5.41, 5.74) is 12.5. The topological polar surface area (TPSA) is 72.3 Å². The molecule has 0 aliphatic heterocycles. The van der Waals surface area contributed by atoms with E-state index in [-0.39, 0.29) is 5.41 Å². The number of aromatic nitrogens is 5. The van der Waals surface area contributed by atoms with E-state index < -0.39 is 0 Å². The van der Waals surface area contributed by atoms with Gasteiger partial charge in [-0.3, -0.25) is 4.57 Å². The molecule has 6 heteroatoms. The summed E-state index contributed by atoms with van der Waals surface area (Å²) >= 11 is 0. The number of hydrogen-bond donors (Lipinski definition) is 0. The van der Waals surface area contributed by atoms with Crippen LogP contribution in [-0.4, -0.2) is 24.1 Å². The van der Waals surface area contributed by atoms with Crippen LogP contribution in [0.2, 0.25) is 0 Å². The quantitative estimate of drug-likeness (QED) is 0.183. The lowest BCUT2D eigenvalue weighted by atomic mass is 9.81. The zero-order chi connectivity index (χ0) is 36.8. The maximum Gasteiger partial charge on any atom is 0.238 e. The minimum Gasteiger partial charge on any atom is -0.309 e. The molecular weight excluding hydrogens is 673 g/mol. The maximum atomic E-state index is 9.56. The summed E-state index contributed by atoms with van der Waals surface area (Å²) in [6.07, 6.45) is 0. The van der Waals surface area contributed by atoms with Crippen molar-refractivity contribution in [1.82, 2.24) is 24.1 Å². The summed E-state index contributed by atoms with van der Waals surface area (Å²) in [6, 6.07) is 56.9. The number of para-hydroxylation sites is 3. The van der Waals surface area contributed by atoms with E-state index in [0.29, 0.717) is 23.2 Å². The van der Waals surface area contributed by atoms with Gasteiger partial charge in [0.1, 0.15) is 0 Å². The van der Waals surface area contributed by atoms with Gasteiger partial charge in [-0.2, -0.15) is 15.2 Å². The Morgan fingerprint density at radius 1 is 0.527 bits per heavy atom. The van der Waals surface area contributed by atoms with Gasteiger partial charge in [0.2, 0.25) is 5.95 Å². The molecule has 7 aromatic carbocycles. The van der Waals surface area contributed by atoms with E-state index >= 15 is 0 Å². The molecule has 0 N–H and O–H groups in total. The van der Waals surface area contributed by atoms with Crippen molar-refractivity contribution < 1.29 is 0 Å². The number of fused-ring (bicyclic) bond motifs is 12. The lowest BCUT2D eigenvalue weighted by Crippen LogP contribution is -2.17. The molecule has 0 saturated heterocycles. The molecule has 11 rings (SSSR count). The molecule has 0 spiro atoms. The minimum atomic E-state index is -0.367. The zero-order valence-electron chi connectivity index (χ0n) is 30.2. The molecule has 3 heterocycles. The van der Waals surface area contributed by atoms with Crippen molar-refractivity contribution in [1.29, 1.82) is 5.26 Å². The van der Waals surface area contributed by atoms with Gasteiger partial charge in [-0.1, -0.05) is 123 Å². The number of hydrogen-bond acceptors (Lipinski definition) is 4. The normalized spacial score (nSPS) is 13.0. The molecule has 0 fully saturated rings. The van der Waals surface area contributed by atoms with E-state index in [0.717, 1.165) is 38.8 Å². The lowest BCUT2D eigenvalue weighted by molar-refractivity contribution is 0.663. The van der Waals surface area contributed by atoms with Gasteiger partial charge in [0.15, 0.2) is 11.6 Å². The smallest absolute Gasteiger partial charge is 0.238 e. The van der Waals surface area contributed by atoms with E-state index in [1.165, 1.54) is 43.9 Å². The van der Waals surface area contributed by atoms with Crippen LogP contribution in [0.3, 0.4) is 0 Å². The molecule has 1 aliphatic rings. The van der Waals surface area contributed by atoms with E-state index in [4.69, 9.17) is 15.0 Å². The fourth-order valence-electron chi connectivity index (χ4n) is 9.00. The Balaban J connectivity index is 1.37.